The Hall–Kier alpha value is -4.57. The summed E-state index contributed by atoms with van der Waals surface area (Å²) in [6, 6.07) is 0. The Bertz CT molecular complexity index is 2380. The fourth-order valence-corrected chi connectivity index (χ4v) is 11.3. The van der Waals surface area contributed by atoms with Crippen molar-refractivity contribution in [2.45, 2.75) is 309 Å². The van der Waals surface area contributed by atoms with Crippen LogP contribution in [0.15, 0.2) is 146 Å². The highest BCUT2D eigenvalue weighted by atomic mass is 31.2. The Morgan fingerprint density at radius 2 is 0.556 bits per heavy atom. The van der Waals surface area contributed by atoms with Gasteiger partial charge in [0.1, 0.15) is 25.4 Å². The molecule has 4 N–H and O–H groups in total. The summed E-state index contributed by atoms with van der Waals surface area (Å²) in [4.78, 5) is 58.5. The lowest BCUT2D eigenvalue weighted by molar-refractivity contribution is -0.161. The SMILES string of the molecule is CC/C=C\C/C=C\C/C=C\C/C=C\C/C=C\C/C=C\CCCCCCCCCCCCC(=O)OCC(O)COP(=O)(O)OCC(O)COP(=O)(O)OCC(COC(=O)CCCCCCC/C=C\C/C=C\C/C=C\C/C=C\CCCCC)OC(=O)CCCCCCC/C=C\C/C=C\CCC. The van der Waals surface area contributed by atoms with E-state index in [1.807, 2.05) is 0 Å². The molecule has 18 heteroatoms. The highest BCUT2D eigenvalue weighted by Gasteiger charge is 2.29. The van der Waals surface area contributed by atoms with Crippen LogP contribution in [-0.4, -0.2) is 95.9 Å². The van der Waals surface area contributed by atoms with Gasteiger partial charge < -0.3 is 34.2 Å². The van der Waals surface area contributed by atoms with Crippen molar-refractivity contribution in [1.82, 2.24) is 0 Å². The normalized spacial score (nSPS) is 14.9. The number of ether oxygens (including phenoxy) is 3. The van der Waals surface area contributed by atoms with E-state index in [1.165, 1.54) is 57.8 Å². The minimum absolute atomic E-state index is 0.0804. The molecule has 0 aliphatic carbocycles. The van der Waals surface area contributed by atoms with Crippen LogP contribution in [-0.2, 0) is 55.8 Å². The molecule has 0 saturated heterocycles. The molecule has 0 amide bonds. The highest BCUT2D eigenvalue weighted by Crippen LogP contribution is 2.45. The van der Waals surface area contributed by atoms with E-state index in [0.717, 1.165) is 173 Å². The number of rotatable bonds is 71. The Balaban J connectivity index is 4.54. The summed E-state index contributed by atoms with van der Waals surface area (Å²) >= 11 is 0. The lowest BCUT2D eigenvalue weighted by atomic mass is 10.1. The minimum Gasteiger partial charge on any atom is -0.463 e. The molecule has 566 valence electrons. The molecule has 0 aliphatic heterocycles. The first-order valence-electron chi connectivity index (χ1n) is 38.1. The standard InChI is InChI=1S/C81H136O16P2/c1-4-7-10-13-16-19-22-25-27-29-31-33-34-35-36-37-38-39-40-42-44-45-47-50-52-55-58-61-64-67-79(84)91-70-76(82)71-93-98(87,88)94-72-77(83)73-95-99(89,90)96-75-78(97-81(86)69-66-63-60-57-54-49-24-21-18-15-12-9-6-3)74-92-80(85)68-65-62-59-56-53-51-48-46-43-41-32-30-28-26-23-20-17-14-11-8-5-2/h7,10,12,15-17,19-21,24-28,31-33,35-36,38-39,41,46,48,76-78,82-83H,4-6,8-9,11,13-14,18,22-23,29-30,34,37,40,42-45,47,49-75H2,1-3H3,(H,87,88)(H,89,90)/b10-7-,15-12-,19-16-,20-17-,24-21-,27-25-,28-26-,33-31-,36-35-,39-38-,41-32-,48-46-. The molecule has 0 aromatic rings. The number of hydrogen-bond donors (Lipinski definition) is 4. The number of phosphoric ester groups is 2. The van der Waals surface area contributed by atoms with Crippen molar-refractivity contribution in [2.75, 3.05) is 39.6 Å². The summed E-state index contributed by atoms with van der Waals surface area (Å²) in [5, 5.41) is 20.6. The maximum Gasteiger partial charge on any atom is 0.472 e. The van der Waals surface area contributed by atoms with Gasteiger partial charge in [0.25, 0.3) is 0 Å². The first-order chi connectivity index (χ1) is 48.2. The zero-order valence-corrected chi connectivity index (χ0v) is 63.4. The maximum atomic E-state index is 12.9. The molecule has 0 radical (unpaired) electrons. The third kappa shape index (κ3) is 74.4. The fourth-order valence-electron chi connectivity index (χ4n) is 9.71. The van der Waals surface area contributed by atoms with Gasteiger partial charge in [-0.3, -0.25) is 32.5 Å². The zero-order valence-electron chi connectivity index (χ0n) is 61.6. The van der Waals surface area contributed by atoms with Crippen LogP contribution >= 0.6 is 15.6 Å². The van der Waals surface area contributed by atoms with Gasteiger partial charge >= 0.3 is 33.6 Å². The molecule has 99 heavy (non-hydrogen) atoms. The lowest BCUT2D eigenvalue weighted by Gasteiger charge is -2.21. The molecule has 0 heterocycles. The molecule has 16 nitrogen and oxygen atoms in total. The molecule has 0 spiro atoms. The number of aliphatic hydroxyl groups is 2. The Labute approximate surface area is 600 Å². The van der Waals surface area contributed by atoms with Crippen LogP contribution in [0.4, 0.5) is 0 Å². The fraction of sp³-hybridized carbons (Fsp3) is 0.667. The van der Waals surface area contributed by atoms with Crippen LogP contribution in [0.1, 0.15) is 290 Å². The molecule has 5 unspecified atom stereocenters. The first kappa shape index (κ1) is 94.4. The summed E-state index contributed by atoms with van der Waals surface area (Å²) in [6.45, 7) is 2.42. The van der Waals surface area contributed by atoms with Gasteiger partial charge in [0.05, 0.1) is 26.4 Å². The number of esters is 3. The van der Waals surface area contributed by atoms with Gasteiger partial charge in [-0.25, -0.2) is 9.13 Å². The van der Waals surface area contributed by atoms with Crippen molar-refractivity contribution in [3.05, 3.63) is 146 Å². The predicted octanol–water partition coefficient (Wildman–Crippen LogP) is 22.1. The van der Waals surface area contributed by atoms with E-state index in [1.54, 1.807) is 0 Å². The van der Waals surface area contributed by atoms with E-state index in [2.05, 4.69) is 167 Å². The minimum atomic E-state index is -4.94. The van der Waals surface area contributed by atoms with Crippen LogP contribution in [0.25, 0.3) is 0 Å². The van der Waals surface area contributed by atoms with Crippen LogP contribution in [0.3, 0.4) is 0 Å². The zero-order chi connectivity index (χ0) is 72.3. The van der Waals surface area contributed by atoms with Crippen molar-refractivity contribution in [1.29, 1.82) is 0 Å². The topological polar surface area (TPSA) is 231 Å². The van der Waals surface area contributed by atoms with Gasteiger partial charge in [-0.2, -0.15) is 0 Å². The van der Waals surface area contributed by atoms with E-state index >= 15 is 0 Å². The summed E-state index contributed by atoms with van der Waals surface area (Å²) < 4.78 is 61.0. The van der Waals surface area contributed by atoms with Crippen molar-refractivity contribution >= 4 is 33.6 Å². The predicted molar refractivity (Wildman–Crippen MR) is 408 cm³/mol. The third-order valence-corrected chi connectivity index (χ3v) is 17.4. The van der Waals surface area contributed by atoms with Crippen molar-refractivity contribution < 1.29 is 75.8 Å². The second kappa shape index (κ2) is 73.2. The first-order valence-corrected chi connectivity index (χ1v) is 41.1. The van der Waals surface area contributed by atoms with E-state index < -0.39 is 91.5 Å². The van der Waals surface area contributed by atoms with E-state index in [4.69, 9.17) is 32.3 Å². The summed E-state index contributed by atoms with van der Waals surface area (Å²) in [5.74, 6) is -1.62. The number of aliphatic hydroxyl groups excluding tert-OH is 2. The summed E-state index contributed by atoms with van der Waals surface area (Å²) in [7, 11) is -9.80. The molecule has 0 bridgehead atoms. The number of allylic oxidation sites excluding steroid dienone is 24. The largest absolute Gasteiger partial charge is 0.472 e. The maximum absolute atomic E-state index is 12.9. The monoisotopic (exact) mass is 1430 g/mol. The average Bonchev–Trinajstić information content (AvgIpc) is 1.36. The number of unbranched alkanes of at least 4 members (excludes halogenated alkanes) is 24. The molecule has 0 rings (SSSR count). The van der Waals surface area contributed by atoms with Crippen LogP contribution in [0.2, 0.25) is 0 Å². The summed E-state index contributed by atoms with van der Waals surface area (Å²) in [5.41, 5.74) is 0. The van der Waals surface area contributed by atoms with Crippen molar-refractivity contribution in [3.8, 4) is 0 Å². The van der Waals surface area contributed by atoms with Gasteiger partial charge in [-0.15, -0.1) is 0 Å². The number of carbonyl (C=O) groups excluding carboxylic acids is 3. The molecule has 5 atom stereocenters. The van der Waals surface area contributed by atoms with Gasteiger partial charge in [0.2, 0.25) is 0 Å². The number of hydrogen-bond acceptors (Lipinski definition) is 14. The molecular weight excluding hydrogens is 1290 g/mol. The quantitative estimate of drug-likeness (QED) is 0.0146. The van der Waals surface area contributed by atoms with Crippen LogP contribution in [0, 0.1) is 0 Å². The van der Waals surface area contributed by atoms with Gasteiger partial charge in [-0.05, 0) is 141 Å². The highest BCUT2D eigenvalue weighted by molar-refractivity contribution is 7.47. The smallest absolute Gasteiger partial charge is 0.463 e. The van der Waals surface area contributed by atoms with Crippen LogP contribution in [0.5, 0.6) is 0 Å². The van der Waals surface area contributed by atoms with Gasteiger partial charge in [0, 0.05) is 19.3 Å². The van der Waals surface area contributed by atoms with Crippen molar-refractivity contribution in [3.63, 3.8) is 0 Å². The number of carbonyl (C=O) groups is 3. The van der Waals surface area contributed by atoms with Gasteiger partial charge in [-0.1, -0.05) is 276 Å². The second-order valence-corrected chi connectivity index (χ2v) is 28.0. The molecule has 0 aromatic heterocycles. The molecule has 0 fully saturated rings. The van der Waals surface area contributed by atoms with E-state index in [0.29, 0.717) is 19.3 Å². The van der Waals surface area contributed by atoms with Gasteiger partial charge in [0.15, 0.2) is 6.10 Å². The Morgan fingerprint density at radius 1 is 0.293 bits per heavy atom. The van der Waals surface area contributed by atoms with Crippen molar-refractivity contribution in [2.24, 2.45) is 0 Å². The molecular formula is C81H136O16P2. The second-order valence-electron chi connectivity index (χ2n) is 25.1. The van der Waals surface area contributed by atoms with E-state index in [-0.39, 0.29) is 19.3 Å². The molecule has 0 aliphatic rings. The lowest BCUT2D eigenvalue weighted by Crippen LogP contribution is -2.30. The molecule has 0 aromatic carbocycles. The Morgan fingerprint density at radius 3 is 0.889 bits per heavy atom. The average molecular weight is 1430 g/mol. The van der Waals surface area contributed by atoms with Crippen LogP contribution < -0.4 is 0 Å². The van der Waals surface area contributed by atoms with E-state index in [9.17, 15) is 43.5 Å². The molecule has 0 saturated carbocycles. The third-order valence-electron chi connectivity index (χ3n) is 15.5. The number of phosphoric acid groups is 2. The Kier molecular flexibility index (Phi) is 69.8. The summed E-state index contributed by atoms with van der Waals surface area (Å²) in [6.07, 6.45) is 89.0.